The maximum atomic E-state index is 12.8. The third-order valence-electron chi connectivity index (χ3n) is 4.22. The quantitative estimate of drug-likeness (QED) is 0.868. The summed E-state index contributed by atoms with van der Waals surface area (Å²) in [6, 6.07) is 7.39. The van der Waals surface area contributed by atoms with Crippen molar-refractivity contribution in [1.29, 1.82) is 0 Å². The molecule has 0 atom stereocenters. The lowest BCUT2D eigenvalue weighted by Crippen LogP contribution is -2.54. The highest BCUT2D eigenvalue weighted by atomic mass is 16.2. The fourth-order valence-corrected chi connectivity index (χ4v) is 3.03. The molecule has 2 heterocycles. The molecular weight excluding hydrogens is 320 g/mol. The van der Waals surface area contributed by atoms with E-state index in [1.165, 1.54) is 4.90 Å². The van der Waals surface area contributed by atoms with E-state index >= 15 is 0 Å². The zero-order valence-electron chi connectivity index (χ0n) is 14.4. The first-order valence-corrected chi connectivity index (χ1v) is 8.38. The summed E-state index contributed by atoms with van der Waals surface area (Å²) in [5, 5.41) is 3.62. The molecule has 1 fully saturated rings. The van der Waals surface area contributed by atoms with Crippen molar-refractivity contribution in [3.63, 3.8) is 0 Å². The Morgan fingerprint density at radius 2 is 2.04 bits per heavy atom. The summed E-state index contributed by atoms with van der Waals surface area (Å²) >= 11 is 0. The number of fused-ring (bicyclic) bond motifs is 1. The van der Waals surface area contributed by atoms with E-state index in [-0.39, 0.29) is 36.9 Å². The van der Waals surface area contributed by atoms with Crippen molar-refractivity contribution in [2.24, 2.45) is 0 Å². The minimum absolute atomic E-state index is 0.00535. The van der Waals surface area contributed by atoms with Gasteiger partial charge in [0.15, 0.2) is 0 Å². The molecule has 1 aliphatic heterocycles. The Morgan fingerprint density at radius 1 is 1.24 bits per heavy atom. The van der Waals surface area contributed by atoms with E-state index in [9.17, 15) is 14.4 Å². The van der Waals surface area contributed by atoms with Gasteiger partial charge in [0.05, 0.1) is 6.54 Å². The van der Waals surface area contributed by atoms with Crippen molar-refractivity contribution in [3.05, 3.63) is 36.0 Å². The van der Waals surface area contributed by atoms with E-state index in [0.717, 1.165) is 10.9 Å². The summed E-state index contributed by atoms with van der Waals surface area (Å²) in [6.45, 7) is 4.55. The van der Waals surface area contributed by atoms with Gasteiger partial charge in [0.1, 0.15) is 6.54 Å². The van der Waals surface area contributed by atoms with Gasteiger partial charge in [-0.3, -0.25) is 14.4 Å². The number of aromatic amines is 1. The molecule has 1 aliphatic rings. The number of carbonyl (C=O) groups is 3. The van der Waals surface area contributed by atoms with Gasteiger partial charge in [0.2, 0.25) is 11.8 Å². The molecule has 1 aromatic heterocycles. The maximum Gasteiger partial charge on any atom is 0.255 e. The van der Waals surface area contributed by atoms with Crippen LogP contribution in [-0.2, 0) is 9.59 Å². The number of nitrogens with zero attached hydrogens (tertiary/aromatic N) is 2. The molecule has 132 valence electrons. The van der Waals surface area contributed by atoms with E-state index in [1.54, 1.807) is 17.2 Å². The second-order valence-corrected chi connectivity index (χ2v) is 6.51. The second-order valence-electron chi connectivity index (χ2n) is 6.51. The third-order valence-corrected chi connectivity index (χ3v) is 4.22. The fraction of sp³-hybridized carbons (Fsp3) is 0.389. The van der Waals surface area contributed by atoms with Crippen molar-refractivity contribution in [3.8, 4) is 0 Å². The number of hydrogen-bond acceptors (Lipinski definition) is 3. The Hall–Kier alpha value is -2.83. The van der Waals surface area contributed by atoms with Gasteiger partial charge in [-0.05, 0) is 32.0 Å². The van der Waals surface area contributed by atoms with Gasteiger partial charge in [-0.25, -0.2) is 0 Å². The van der Waals surface area contributed by atoms with Crippen LogP contribution in [0.2, 0.25) is 0 Å². The molecule has 3 rings (SSSR count). The molecule has 0 saturated carbocycles. The molecule has 1 aromatic carbocycles. The molecular formula is C18H22N4O3. The predicted molar refractivity (Wildman–Crippen MR) is 94.1 cm³/mol. The van der Waals surface area contributed by atoms with Gasteiger partial charge in [-0.15, -0.1) is 0 Å². The molecule has 0 bridgehead atoms. The summed E-state index contributed by atoms with van der Waals surface area (Å²) in [7, 11) is 0. The van der Waals surface area contributed by atoms with Crippen molar-refractivity contribution in [2.45, 2.75) is 19.9 Å². The number of H-pyrrole nitrogens is 1. The van der Waals surface area contributed by atoms with Crippen molar-refractivity contribution >= 4 is 28.6 Å². The zero-order chi connectivity index (χ0) is 18.0. The van der Waals surface area contributed by atoms with Crippen LogP contribution in [0.4, 0.5) is 0 Å². The maximum absolute atomic E-state index is 12.8. The molecule has 2 N–H and O–H groups in total. The number of nitrogens with one attached hydrogen (secondary N) is 2. The average molecular weight is 342 g/mol. The Balaban J connectivity index is 1.66. The first kappa shape index (κ1) is 17.0. The van der Waals surface area contributed by atoms with Crippen LogP contribution in [-0.4, -0.2) is 64.7 Å². The van der Waals surface area contributed by atoms with Crippen molar-refractivity contribution in [1.82, 2.24) is 20.1 Å². The van der Waals surface area contributed by atoms with Gasteiger partial charge < -0.3 is 20.1 Å². The van der Waals surface area contributed by atoms with E-state index in [4.69, 9.17) is 0 Å². The third kappa shape index (κ3) is 3.65. The molecule has 7 heteroatoms. The SMILES string of the molecule is CC(C)NC(=O)CN1CCN(C(=O)c2cccc3[nH]ccc23)CC1=O. The first-order chi connectivity index (χ1) is 12.0. The Morgan fingerprint density at radius 3 is 2.76 bits per heavy atom. The molecule has 0 aliphatic carbocycles. The van der Waals surface area contributed by atoms with E-state index in [0.29, 0.717) is 18.7 Å². The Labute approximate surface area is 146 Å². The first-order valence-electron chi connectivity index (χ1n) is 8.38. The standard InChI is InChI=1S/C18H22N4O3/c1-12(2)20-16(23)10-21-8-9-22(11-17(21)24)18(25)14-4-3-5-15-13(14)6-7-19-15/h3-7,12,19H,8-11H2,1-2H3,(H,20,23). The van der Waals surface area contributed by atoms with Crippen LogP contribution in [0.1, 0.15) is 24.2 Å². The summed E-state index contributed by atoms with van der Waals surface area (Å²) < 4.78 is 0. The number of rotatable bonds is 4. The van der Waals surface area contributed by atoms with Crippen LogP contribution in [0, 0.1) is 0 Å². The van der Waals surface area contributed by atoms with Crippen LogP contribution in [0.25, 0.3) is 10.9 Å². The predicted octanol–water partition coefficient (Wildman–Crippen LogP) is 0.977. The number of hydrogen-bond donors (Lipinski definition) is 2. The van der Waals surface area contributed by atoms with Crippen molar-refractivity contribution in [2.75, 3.05) is 26.2 Å². The van der Waals surface area contributed by atoms with E-state index < -0.39 is 0 Å². The highest BCUT2D eigenvalue weighted by molar-refractivity contribution is 6.07. The topological polar surface area (TPSA) is 85.5 Å². The molecule has 2 aromatic rings. The highest BCUT2D eigenvalue weighted by Crippen LogP contribution is 2.20. The number of piperazine rings is 1. The highest BCUT2D eigenvalue weighted by Gasteiger charge is 2.29. The summed E-state index contributed by atoms with van der Waals surface area (Å²) in [5.74, 6) is -0.551. The summed E-state index contributed by atoms with van der Waals surface area (Å²) in [6.07, 6.45) is 1.79. The van der Waals surface area contributed by atoms with Gasteiger partial charge in [-0.1, -0.05) is 6.07 Å². The molecule has 7 nitrogen and oxygen atoms in total. The lowest BCUT2D eigenvalue weighted by molar-refractivity contribution is -0.139. The second kappa shape index (κ2) is 6.96. The van der Waals surface area contributed by atoms with E-state index in [1.807, 2.05) is 32.0 Å². The fourth-order valence-electron chi connectivity index (χ4n) is 3.03. The molecule has 1 saturated heterocycles. The number of benzene rings is 1. The summed E-state index contributed by atoms with van der Waals surface area (Å²) in [4.78, 5) is 43.1. The molecule has 3 amide bonds. The number of aromatic nitrogens is 1. The smallest absolute Gasteiger partial charge is 0.255 e. The molecule has 0 spiro atoms. The van der Waals surface area contributed by atoms with E-state index in [2.05, 4.69) is 10.3 Å². The molecule has 25 heavy (non-hydrogen) atoms. The summed E-state index contributed by atoms with van der Waals surface area (Å²) in [5.41, 5.74) is 1.47. The largest absolute Gasteiger partial charge is 0.361 e. The van der Waals surface area contributed by atoms with Gasteiger partial charge in [0, 0.05) is 41.8 Å². The average Bonchev–Trinajstić information content (AvgIpc) is 3.04. The van der Waals surface area contributed by atoms with Crippen LogP contribution in [0.5, 0.6) is 0 Å². The van der Waals surface area contributed by atoms with Crippen LogP contribution >= 0.6 is 0 Å². The minimum atomic E-state index is -0.209. The monoisotopic (exact) mass is 342 g/mol. The molecule has 0 unspecified atom stereocenters. The van der Waals surface area contributed by atoms with Crippen molar-refractivity contribution < 1.29 is 14.4 Å². The Bertz CT molecular complexity index is 812. The number of amides is 3. The van der Waals surface area contributed by atoms with Crippen LogP contribution in [0.3, 0.4) is 0 Å². The van der Waals surface area contributed by atoms with Gasteiger partial charge in [-0.2, -0.15) is 0 Å². The normalized spacial score (nSPS) is 15.1. The molecule has 0 radical (unpaired) electrons. The lowest BCUT2D eigenvalue weighted by atomic mass is 10.1. The van der Waals surface area contributed by atoms with Crippen LogP contribution < -0.4 is 5.32 Å². The lowest BCUT2D eigenvalue weighted by Gasteiger charge is -2.34. The minimum Gasteiger partial charge on any atom is -0.361 e. The zero-order valence-corrected chi connectivity index (χ0v) is 14.4. The van der Waals surface area contributed by atoms with Gasteiger partial charge in [0.25, 0.3) is 5.91 Å². The van der Waals surface area contributed by atoms with Crippen LogP contribution in [0.15, 0.2) is 30.5 Å². The Kier molecular flexibility index (Phi) is 4.74. The number of carbonyl (C=O) groups excluding carboxylic acids is 3. The van der Waals surface area contributed by atoms with Gasteiger partial charge >= 0.3 is 0 Å².